The fourth-order valence-electron chi connectivity index (χ4n) is 2.57. The highest BCUT2D eigenvalue weighted by Gasteiger charge is 2.19. The highest BCUT2D eigenvalue weighted by Crippen LogP contribution is 2.16. The molecule has 0 unspecified atom stereocenters. The summed E-state index contributed by atoms with van der Waals surface area (Å²) in [6, 6.07) is 4.41. The van der Waals surface area contributed by atoms with Gasteiger partial charge in [0.2, 0.25) is 0 Å². The second kappa shape index (κ2) is 4.88. The van der Waals surface area contributed by atoms with Gasteiger partial charge in [0, 0.05) is 18.2 Å². The standard InChI is InChI=1S/C14H20N2O/c1-9-6-10(2)13(11(3)7-9)14(17)16-12-4-5-15-8-12/h6-7,12,15H,4-5,8H2,1-3H3,(H,16,17)/t12-/m1/s1. The Morgan fingerprint density at radius 1 is 1.29 bits per heavy atom. The molecule has 1 heterocycles. The van der Waals surface area contributed by atoms with Gasteiger partial charge in [-0.2, -0.15) is 0 Å². The fraction of sp³-hybridized carbons (Fsp3) is 0.500. The Labute approximate surface area is 103 Å². The maximum Gasteiger partial charge on any atom is 0.252 e. The molecular formula is C14H20N2O. The van der Waals surface area contributed by atoms with E-state index in [0.717, 1.165) is 36.2 Å². The van der Waals surface area contributed by atoms with E-state index in [1.165, 1.54) is 5.56 Å². The summed E-state index contributed by atoms with van der Waals surface area (Å²) < 4.78 is 0. The smallest absolute Gasteiger partial charge is 0.252 e. The molecule has 17 heavy (non-hydrogen) atoms. The van der Waals surface area contributed by atoms with Gasteiger partial charge >= 0.3 is 0 Å². The first-order valence-electron chi connectivity index (χ1n) is 6.17. The number of carbonyl (C=O) groups is 1. The highest BCUT2D eigenvalue weighted by atomic mass is 16.1. The zero-order valence-electron chi connectivity index (χ0n) is 10.8. The number of aryl methyl sites for hydroxylation is 3. The van der Waals surface area contributed by atoms with E-state index in [1.54, 1.807) is 0 Å². The second-order valence-electron chi connectivity index (χ2n) is 4.94. The van der Waals surface area contributed by atoms with Gasteiger partial charge in [-0.3, -0.25) is 4.79 Å². The first-order valence-corrected chi connectivity index (χ1v) is 6.17. The molecule has 0 saturated carbocycles. The summed E-state index contributed by atoms with van der Waals surface area (Å²) in [4.78, 5) is 12.2. The monoisotopic (exact) mass is 232 g/mol. The van der Waals surface area contributed by atoms with Crippen LogP contribution in [0.1, 0.15) is 33.5 Å². The Balaban J connectivity index is 2.18. The van der Waals surface area contributed by atoms with Gasteiger partial charge in [0.25, 0.3) is 5.91 Å². The molecule has 1 aliphatic rings. The van der Waals surface area contributed by atoms with Crippen LogP contribution in [0.2, 0.25) is 0 Å². The fourth-order valence-corrected chi connectivity index (χ4v) is 2.57. The van der Waals surface area contributed by atoms with E-state index in [0.29, 0.717) is 0 Å². The molecule has 0 bridgehead atoms. The minimum absolute atomic E-state index is 0.0636. The minimum atomic E-state index is 0.0636. The van der Waals surface area contributed by atoms with Crippen LogP contribution >= 0.6 is 0 Å². The lowest BCUT2D eigenvalue weighted by Gasteiger charge is -2.15. The van der Waals surface area contributed by atoms with Gasteiger partial charge in [0.15, 0.2) is 0 Å². The van der Waals surface area contributed by atoms with Crippen molar-refractivity contribution in [2.24, 2.45) is 0 Å². The Morgan fingerprint density at radius 2 is 1.94 bits per heavy atom. The predicted molar refractivity (Wildman–Crippen MR) is 69.4 cm³/mol. The maximum atomic E-state index is 12.2. The van der Waals surface area contributed by atoms with E-state index in [4.69, 9.17) is 0 Å². The van der Waals surface area contributed by atoms with Crippen LogP contribution in [0.4, 0.5) is 0 Å². The van der Waals surface area contributed by atoms with Crippen LogP contribution in [0.3, 0.4) is 0 Å². The van der Waals surface area contributed by atoms with Crippen molar-refractivity contribution in [3.8, 4) is 0 Å². The van der Waals surface area contributed by atoms with Crippen molar-refractivity contribution in [2.45, 2.75) is 33.2 Å². The highest BCUT2D eigenvalue weighted by molar-refractivity contribution is 5.97. The topological polar surface area (TPSA) is 41.1 Å². The van der Waals surface area contributed by atoms with Gasteiger partial charge < -0.3 is 10.6 Å². The third-order valence-corrected chi connectivity index (χ3v) is 3.30. The summed E-state index contributed by atoms with van der Waals surface area (Å²) in [6.45, 7) is 7.94. The summed E-state index contributed by atoms with van der Waals surface area (Å²) in [5.74, 6) is 0.0636. The average Bonchev–Trinajstić information content (AvgIpc) is 2.68. The zero-order valence-corrected chi connectivity index (χ0v) is 10.8. The van der Waals surface area contributed by atoms with Crippen molar-refractivity contribution in [1.82, 2.24) is 10.6 Å². The normalized spacial score (nSPS) is 19.4. The Kier molecular flexibility index (Phi) is 3.48. The predicted octanol–water partition coefficient (Wildman–Crippen LogP) is 1.70. The molecular weight excluding hydrogens is 212 g/mol. The van der Waals surface area contributed by atoms with Crippen molar-refractivity contribution in [3.63, 3.8) is 0 Å². The summed E-state index contributed by atoms with van der Waals surface area (Å²) in [5.41, 5.74) is 4.17. The number of carbonyl (C=O) groups excluding carboxylic acids is 1. The van der Waals surface area contributed by atoms with Crippen LogP contribution in [0.25, 0.3) is 0 Å². The molecule has 1 fully saturated rings. The van der Waals surface area contributed by atoms with Crippen molar-refractivity contribution >= 4 is 5.91 Å². The van der Waals surface area contributed by atoms with Crippen LogP contribution in [-0.2, 0) is 0 Å². The molecule has 92 valence electrons. The molecule has 1 aliphatic heterocycles. The largest absolute Gasteiger partial charge is 0.348 e. The molecule has 0 aromatic heterocycles. The third-order valence-electron chi connectivity index (χ3n) is 3.30. The van der Waals surface area contributed by atoms with Gasteiger partial charge in [-0.25, -0.2) is 0 Å². The van der Waals surface area contributed by atoms with Crippen LogP contribution in [0.15, 0.2) is 12.1 Å². The van der Waals surface area contributed by atoms with Crippen molar-refractivity contribution < 1.29 is 4.79 Å². The summed E-state index contributed by atoms with van der Waals surface area (Å²) >= 11 is 0. The first-order chi connectivity index (χ1) is 8.08. The Hall–Kier alpha value is -1.35. The molecule has 0 spiro atoms. The molecule has 2 rings (SSSR count). The average molecular weight is 232 g/mol. The molecule has 1 saturated heterocycles. The lowest BCUT2D eigenvalue weighted by atomic mass is 9.99. The molecule has 1 aromatic carbocycles. The van der Waals surface area contributed by atoms with Crippen LogP contribution in [-0.4, -0.2) is 25.0 Å². The molecule has 1 aromatic rings. The number of amides is 1. The van der Waals surface area contributed by atoms with Crippen LogP contribution in [0, 0.1) is 20.8 Å². The SMILES string of the molecule is Cc1cc(C)c(C(=O)N[C@@H]2CCNC2)c(C)c1. The second-order valence-corrected chi connectivity index (χ2v) is 4.94. The van der Waals surface area contributed by atoms with E-state index >= 15 is 0 Å². The molecule has 0 aliphatic carbocycles. The van der Waals surface area contributed by atoms with Crippen molar-refractivity contribution in [2.75, 3.05) is 13.1 Å². The molecule has 3 heteroatoms. The van der Waals surface area contributed by atoms with Gasteiger partial charge in [-0.1, -0.05) is 17.7 Å². The van der Waals surface area contributed by atoms with Crippen LogP contribution < -0.4 is 10.6 Å². The number of hydrogen-bond acceptors (Lipinski definition) is 2. The van der Waals surface area contributed by atoms with Crippen molar-refractivity contribution in [1.29, 1.82) is 0 Å². The zero-order chi connectivity index (χ0) is 12.4. The molecule has 0 radical (unpaired) electrons. The van der Waals surface area contributed by atoms with Gasteiger partial charge in [0.05, 0.1) is 0 Å². The van der Waals surface area contributed by atoms with Crippen molar-refractivity contribution in [3.05, 3.63) is 34.4 Å². The van der Waals surface area contributed by atoms with E-state index < -0.39 is 0 Å². The number of rotatable bonds is 2. The molecule has 1 amide bonds. The third kappa shape index (κ3) is 2.67. The molecule has 2 N–H and O–H groups in total. The summed E-state index contributed by atoms with van der Waals surface area (Å²) in [7, 11) is 0. The van der Waals surface area contributed by atoms with E-state index in [2.05, 4.69) is 29.7 Å². The van der Waals surface area contributed by atoms with Crippen LogP contribution in [0.5, 0.6) is 0 Å². The van der Waals surface area contributed by atoms with Gasteiger partial charge in [-0.05, 0) is 44.9 Å². The lowest BCUT2D eigenvalue weighted by molar-refractivity contribution is 0.0939. The minimum Gasteiger partial charge on any atom is -0.348 e. The first kappa shape index (κ1) is 12.1. The Morgan fingerprint density at radius 3 is 2.47 bits per heavy atom. The number of nitrogens with one attached hydrogen (secondary N) is 2. The number of benzene rings is 1. The summed E-state index contributed by atoms with van der Waals surface area (Å²) in [5, 5.41) is 6.35. The maximum absolute atomic E-state index is 12.2. The van der Waals surface area contributed by atoms with E-state index in [9.17, 15) is 4.79 Å². The molecule has 3 nitrogen and oxygen atoms in total. The van der Waals surface area contributed by atoms with Gasteiger partial charge in [-0.15, -0.1) is 0 Å². The quantitative estimate of drug-likeness (QED) is 0.815. The van der Waals surface area contributed by atoms with E-state index in [-0.39, 0.29) is 11.9 Å². The van der Waals surface area contributed by atoms with Gasteiger partial charge in [0.1, 0.15) is 0 Å². The lowest BCUT2D eigenvalue weighted by Crippen LogP contribution is -2.36. The Bertz CT molecular complexity index is 411. The van der Waals surface area contributed by atoms with E-state index in [1.807, 2.05) is 13.8 Å². The number of hydrogen-bond donors (Lipinski definition) is 2. The summed E-state index contributed by atoms with van der Waals surface area (Å²) in [6.07, 6.45) is 1.02. The molecule has 1 atom stereocenters.